The van der Waals surface area contributed by atoms with Crippen LogP contribution in [0.1, 0.15) is 49.8 Å². The van der Waals surface area contributed by atoms with Gasteiger partial charge in [-0.2, -0.15) is 5.10 Å². The van der Waals surface area contributed by atoms with Gasteiger partial charge in [-0.25, -0.2) is 0 Å². The molecule has 1 aromatic rings. The predicted octanol–water partition coefficient (Wildman–Crippen LogP) is 2.09. The van der Waals surface area contributed by atoms with Crippen LogP contribution in [0.25, 0.3) is 5.70 Å². The van der Waals surface area contributed by atoms with E-state index in [9.17, 15) is 0 Å². The van der Waals surface area contributed by atoms with Gasteiger partial charge in [-0.3, -0.25) is 4.68 Å². The van der Waals surface area contributed by atoms with Gasteiger partial charge in [0.05, 0.1) is 23.7 Å². The fourth-order valence-corrected chi connectivity index (χ4v) is 6.23. The number of aryl methyl sites for hydroxylation is 2. The van der Waals surface area contributed by atoms with Gasteiger partial charge < -0.3 is 26.4 Å². The number of nitrogens with zero attached hydrogens (tertiary/aromatic N) is 3. The molecular weight excluding hydrogens is 388 g/mol. The van der Waals surface area contributed by atoms with Gasteiger partial charge >= 0.3 is 0 Å². The van der Waals surface area contributed by atoms with Crippen molar-refractivity contribution in [2.45, 2.75) is 57.7 Å². The smallest absolute Gasteiger partial charge is 0.0960 e. The number of allylic oxidation sites excluding steroid dienone is 2. The van der Waals surface area contributed by atoms with E-state index in [2.05, 4.69) is 15.3 Å². The summed E-state index contributed by atoms with van der Waals surface area (Å²) in [6, 6.07) is 0. The number of fused-ring (bicyclic) bond motifs is 2. The molecule has 0 amide bonds. The van der Waals surface area contributed by atoms with Crippen molar-refractivity contribution < 1.29 is 4.74 Å². The second kappa shape index (κ2) is 8.17. The van der Waals surface area contributed by atoms with Gasteiger partial charge in [0.25, 0.3) is 0 Å². The van der Waals surface area contributed by atoms with Crippen molar-refractivity contribution in [1.82, 2.24) is 20.0 Å². The quantitative estimate of drug-likeness (QED) is 0.578. The zero-order valence-corrected chi connectivity index (χ0v) is 19.0. The maximum atomic E-state index is 6.20. The van der Waals surface area contributed by atoms with E-state index in [1.807, 2.05) is 32.3 Å². The average molecular weight is 427 g/mol. The Morgan fingerprint density at radius 1 is 1.29 bits per heavy atom. The lowest BCUT2D eigenvalue weighted by atomic mass is 9.86. The molecule has 5 N–H and O–H groups in total. The topological polar surface area (TPSA) is 94.4 Å². The molecule has 7 heteroatoms. The lowest BCUT2D eigenvalue weighted by molar-refractivity contribution is 0.0760. The van der Waals surface area contributed by atoms with Crippen molar-refractivity contribution in [1.29, 1.82) is 0 Å². The zero-order chi connectivity index (χ0) is 21.6. The number of aromatic nitrogens is 2. The highest BCUT2D eigenvalue weighted by Gasteiger charge is 2.54. The van der Waals surface area contributed by atoms with Gasteiger partial charge in [-0.1, -0.05) is 0 Å². The Morgan fingerprint density at radius 2 is 2.10 bits per heavy atom. The van der Waals surface area contributed by atoms with Crippen LogP contribution in [0.2, 0.25) is 0 Å². The summed E-state index contributed by atoms with van der Waals surface area (Å²) >= 11 is 0. The summed E-state index contributed by atoms with van der Waals surface area (Å²) in [6.45, 7) is 6.67. The summed E-state index contributed by atoms with van der Waals surface area (Å²) in [5.74, 6) is 2.21. The summed E-state index contributed by atoms with van der Waals surface area (Å²) in [5, 5.41) is 7.76. The molecule has 5 rings (SSSR count). The highest BCUT2D eigenvalue weighted by Crippen LogP contribution is 2.59. The van der Waals surface area contributed by atoms with Crippen LogP contribution >= 0.6 is 0 Å². The molecule has 3 saturated heterocycles. The summed E-state index contributed by atoms with van der Waals surface area (Å²) in [7, 11) is 1.90. The standard InChI is InChI=1S/C24H38N6O/c1-16-20(15-29(2)28-16)21(25)4-6-23(26)27-13-18-12-24(18)7-9-30(10-8-24)14-17-11-19-3-5-22(17)31-19/h4,6,15,17-19,22,27H,3,5,7-14,25-26H2,1-2H3/b21-4-,23-6+/t17?,18?,19-,22?/m0/s1. The lowest BCUT2D eigenvalue weighted by Gasteiger charge is -2.35. The van der Waals surface area contributed by atoms with E-state index >= 15 is 0 Å². The molecule has 1 saturated carbocycles. The predicted molar refractivity (Wildman–Crippen MR) is 123 cm³/mol. The van der Waals surface area contributed by atoms with Gasteiger partial charge in [0.2, 0.25) is 0 Å². The Morgan fingerprint density at radius 3 is 2.74 bits per heavy atom. The minimum Gasteiger partial charge on any atom is -0.398 e. The maximum Gasteiger partial charge on any atom is 0.0960 e. The normalized spacial score (nSPS) is 32.7. The van der Waals surface area contributed by atoms with Gasteiger partial charge in [-0.15, -0.1) is 0 Å². The van der Waals surface area contributed by atoms with Gasteiger partial charge in [0.1, 0.15) is 0 Å². The van der Waals surface area contributed by atoms with Crippen molar-refractivity contribution in [2.75, 3.05) is 26.2 Å². The summed E-state index contributed by atoms with van der Waals surface area (Å²) in [5.41, 5.74) is 15.5. The molecule has 4 atom stereocenters. The highest BCUT2D eigenvalue weighted by atomic mass is 16.5. The first kappa shape index (κ1) is 20.9. The third kappa shape index (κ3) is 4.35. The molecule has 7 nitrogen and oxygen atoms in total. The fourth-order valence-electron chi connectivity index (χ4n) is 6.23. The summed E-state index contributed by atoms with van der Waals surface area (Å²) in [4.78, 5) is 2.70. The van der Waals surface area contributed by atoms with E-state index in [4.69, 9.17) is 16.2 Å². The molecule has 4 fully saturated rings. The molecule has 1 aliphatic carbocycles. The molecule has 170 valence electrons. The Balaban J connectivity index is 1.05. The third-order valence-electron chi connectivity index (χ3n) is 8.25. The summed E-state index contributed by atoms with van der Waals surface area (Å²) in [6.07, 6.45) is 14.7. The number of rotatable bonds is 7. The van der Waals surface area contributed by atoms with Gasteiger partial charge in [-0.05, 0) is 82.0 Å². The van der Waals surface area contributed by atoms with E-state index in [0.717, 1.165) is 29.6 Å². The number of nitrogens with one attached hydrogen (secondary N) is 1. The molecule has 0 radical (unpaired) electrons. The van der Waals surface area contributed by atoms with Crippen molar-refractivity contribution in [3.63, 3.8) is 0 Å². The number of piperidine rings is 1. The molecule has 1 aromatic heterocycles. The molecule has 2 bridgehead atoms. The van der Waals surface area contributed by atoms with Crippen LogP contribution in [0.5, 0.6) is 0 Å². The Bertz CT molecular complexity index is 865. The number of hydrogen-bond acceptors (Lipinski definition) is 6. The first-order valence-corrected chi connectivity index (χ1v) is 12.0. The summed E-state index contributed by atoms with van der Waals surface area (Å²) < 4.78 is 7.83. The van der Waals surface area contributed by atoms with Crippen LogP contribution in [0, 0.1) is 24.2 Å². The first-order valence-electron chi connectivity index (χ1n) is 12.0. The monoisotopic (exact) mass is 426 g/mol. The molecular formula is C24H38N6O. The van der Waals surface area contributed by atoms with Crippen LogP contribution in [0.3, 0.4) is 0 Å². The number of nitrogens with two attached hydrogens (primary N) is 2. The molecule has 4 heterocycles. The van der Waals surface area contributed by atoms with Gasteiger partial charge in [0, 0.05) is 43.5 Å². The van der Waals surface area contributed by atoms with E-state index in [0.29, 0.717) is 29.1 Å². The lowest BCUT2D eigenvalue weighted by Crippen LogP contribution is -2.40. The molecule has 31 heavy (non-hydrogen) atoms. The van der Waals surface area contributed by atoms with Crippen molar-refractivity contribution in [3.05, 3.63) is 35.4 Å². The minimum atomic E-state index is 0.552. The average Bonchev–Trinajstić information content (AvgIpc) is 3.10. The Hall–Kier alpha value is -1.99. The minimum absolute atomic E-state index is 0.552. The Kier molecular flexibility index (Phi) is 5.51. The van der Waals surface area contributed by atoms with E-state index in [-0.39, 0.29) is 0 Å². The Labute approximate surface area is 185 Å². The van der Waals surface area contributed by atoms with Crippen LogP contribution < -0.4 is 16.8 Å². The highest BCUT2D eigenvalue weighted by molar-refractivity contribution is 5.65. The molecule has 3 unspecified atom stereocenters. The number of hydrogen-bond donors (Lipinski definition) is 3. The van der Waals surface area contributed by atoms with Crippen LogP contribution in [-0.4, -0.2) is 53.1 Å². The van der Waals surface area contributed by atoms with E-state index in [1.165, 1.54) is 58.2 Å². The zero-order valence-electron chi connectivity index (χ0n) is 19.0. The van der Waals surface area contributed by atoms with Crippen molar-refractivity contribution in [3.8, 4) is 0 Å². The second-order valence-corrected chi connectivity index (χ2v) is 10.4. The number of likely N-dealkylation sites (tertiary alicyclic amines) is 1. The third-order valence-corrected chi connectivity index (χ3v) is 8.25. The molecule has 3 aliphatic heterocycles. The molecule has 4 aliphatic rings. The van der Waals surface area contributed by atoms with Gasteiger partial charge in [0.15, 0.2) is 0 Å². The second-order valence-electron chi connectivity index (χ2n) is 10.4. The number of ether oxygens (including phenoxy) is 1. The molecule has 1 spiro atoms. The largest absolute Gasteiger partial charge is 0.398 e. The molecule has 0 aromatic carbocycles. The van der Waals surface area contributed by atoms with Crippen molar-refractivity contribution >= 4 is 5.70 Å². The fraction of sp³-hybridized carbons (Fsp3) is 0.708. The van der Waals surface area contributed by atoms with Crippen LogP contribution in [0.4, 0.5) is 0 Å². The van der Waals surface area contributed by atoms with Crippen LogP contribution in [-0.2, 0) is 11.8 Å². The van der Waals surface area contributed by atoms with E-state index < -0.39 is 0 Å². The first-order chi connectivity index (χ1) is 14.9. The van der Waals surface area contributed by atoms with Crippen LogP contribution in [0.15, 0.2) is 24.2 Å². The van der Waals surface area contributed by atoms with E-state index in [1.54, 1.807) is 4.68 Å². The maximum absolute atomic E-state index is 6.20. The van der Waals surface area contributed by atoms with Crippen molar-refractivity contribution in [2.24, 2.45) is 35.8 Å². The SMILES string of the molecule is Cc1nn(C)cc1/C(N)=C/C=C(\N)NCC1CC12CCN(CC1C[C@@H]3CCC1O3)CC2.